The number of hydrogen-bond donors (Lipinski definition) is 1. The minimum absolute atomic E-state index is 0.494. The number of benzene rings is 2. The first-order chi connectivity index (χ1) is 13.4. The van der Waals surface area contributed by atoms with Crippen molar-refractivity contribution in [3.63, 3.8) is 0 Å². The summed E-state index contributed by atoms with van der Waals surface area (Å²) < 4.78 is 30.4. The molecule has 4 rings (SSSR count). The van der Waals surface area contributed by atoms with Crippen molar-refractivity contribution in [2.45, 2.75) is 6.42 Å². The Morgan fingerprint density at radius 3 is 2.82 bits per heavy atom. The number of rotatable bonds is 4. The summed E-state index contributed by atoms with van der Waals surface area (Å²) in [4.78, 5) is 4.56. The molecule has 9 heteroatoms. The summed E-state index contributed by atoms with van der Waals surface area (Å²) in [7, 11) is -1.61. The number of nitrogens with zero attached hydrogens (tertiary/aromatic N) is 3. The standard InChI is InChI=1S/C19H20N4O3S2/c1-26-16-5-3-4-15(11-16)20-19-22-21-17(12-27-19)13-6-7-18-14(10-13)8-9-23(18)28(2,24)25/h3-7,10-11H,8-9,12H2,1-2H3,(H,20,22). The number of hydrogen-bond acceptors (Lipinski definition) is 6. The third kappa shape index (κ3) is 3.85. The number of amidine groups is 1. The van der Waals surface area contributed by atoms with E-state index in [0.29, 0.717) is 18.7 Å². The molecule has 0 unspecified atom stereocenters. The number of nitrogens with one attached hydrogen (secondary N) is 1. The molecule has 2 aliphatic rings. The molecule has 0 aliphatic carbocycles. The molecule has 0 radical (unpaired) electrons. The van der Waals surface area contributed by atoms with Gasteiger partial charge >= 0.3 is 0 Å². The highest BCUT2D eigenvalue weighted by Gasteiger charge is 2.26. The molecule has 1 N–H and O–H groups in total. The first-order valence-electron chi connectivity index (χ1n) is 8.73. The fraction of sp³-hybridized carbons (Fsp3) is 0.263. The van der Waals surface area contributed by atoms with Crippen molar-refractivity contribution in [2.24, 2.45) is 10.1 Å². The molecule has 0 amide bonds. The normalized spacial score (nSPS) is 17.9. The van der Waals surface area contributed by atoms with Gasteiger partial charge < -0.3 is 4.74 Å². The number of fused-ring (bicyclic) bond motifs is 1. The maximum atomic E-state index is 11.9. The second kappa shape index (κ2) is 7.48. The third-order valence-electron chi connectivity index (χ3n) is 4.58. The van der Waals surface area contributed by atoms with E-state index in [1.54, 1.807) is 18.9 Å². The van der Waals surface area contributed by atoms with Gasteiger partial charge in [-0.2, -0.15) is 5.10 Å². The molecule has 28 heavy (non-hydrogen) atoms. The lowest BCUT2D eigenvalue weighted by Gasteiger charge is -2.18. The van der Waals surface area contributed by atoms with E-state index in [1.807, 2.05) is 42.5 Å². The summed E-state index contributed by atoms with van der Waals surface area (Å²) >= 11 is 1.57. The van der Waals surface area contributed by atoms with Crippen LogP contribution in [-0.2, 0) is 16.4 Å². The van der Waals surface area contributed by atoms with Gasteiger partial charge in [-0.15, -0.1) is 0 Å². The van der Waals surface area contributed by atoms with Crippen molar-refractivity contribution >= 4 is 44.0 Å². The number of methoxy groups -OCH3 is 1. The molecule has 7 nitrogen and oxygen atoms in total. The van der Waals surface area contributed by atoms with Crippen LogP contribution in [0.5, 0.6) is 5.75 Å². The van der Waals surface area contributed by atoms with Crippen molar-refractivity contribution in [1.82, 2.24) is 5.43 Å². The zero-order valence-corrected chi connectivity index (χ0v) is 17.2. The van der Waals surface area contributed by atoms with Crippen LogP contribution in [0.25, 0.3) is 0 Å². The molecule has 0 spiro atoms. The van der Waals surface area contributed by atoms with Crippen LogP contribution in [0.15, 0.2) is 52.6 Å². The fourth-order valence-electron chi connectivity index (χ4n) is 3.21. The molecule has 0 atom stereocenters. The first kappa shape index (κ1) is 18.8. The molecule has 0 saturated carbocycles. The molecular formula is C19H20N4O3S2. The van der Waals surface area contributed by atoms with Crippen LogP contribution in [-0.4, -0.2) is 45.0 Å². The quantitative estimate of drug-likeness (QED) is 0.829. The topological polar surface area (TPSA) is 83.4 Å². The molecule has 0 fully saturated rings. The fourth-order valence-corrected chi connectivity index (χ4v) is 4.96. The van der Waals surface area contributed by atoms with Gasteiger partial charge in [0.15, 0.2) is 5.17 Å². The maximum absolute atomic E-state index is 11.9. The largest absolute Gasteiger partial charge is 0.497 e. The molecule has 0 aromatic heterocycles. The van der Waals surface area contributed by atoms with Gasteiger partial charge in [-0.25, -0.2) is 13.4 Å². The Morgan fingerprint density at radius 1 is 1.25 bits per heavy atom. The molecule has 0 bridgehead atoms. The van der Waals surface area contributed by atoms with E-state index in [-0.39, 0.29) is 0 Å². The average molecular weight is 417 g/mol. The minimum atomic E-state index is -3.23. The number of hydrazone groups is 1. The number of aliphatic imine (C=N–C) groups is 1. The van der Waals surface area contributed by atoms with Crippen molar-refractivity contribution in [3.8, 4) is 5.75 Å². The molecular weight excluding hydrogens is 396 g/mol. The van der Waals surface area contributed by atoms with Gasteiger partial charge in [0.05, 0.1) is 30.5 Å². The van der Waals surface area contributed by atoms with Crippen LogP contribution < -0.4 is 14.5 Å². The Morgan fingerprint density at radius 2 is 2.11 bits per heavy atom. The maximum Gasteiger partial charge on any atom is 0.232 e. The summed E-state index contributed by atoms with van der Waals surface area (Å²) in [6.45, 7) is 0.494. The summed E-state index contributed by atoms with van der Waals surface area (Å²) in [6, 6.07) is 13.4. The summed E-state index contributed by atoms with van der Waals surface area (Å²) in [6.07, 6.45) is 1.96. The second-order valence-electron chi connectivity index (χ2n) is 6.51. The van der Waals surface area contributed by atoms with Gasteiger partial charge in [0.25, 0.3) is 0 Å². The second-order valence-corrected chi connectivity index (χ2v) is 9.38. The predicted octanol–water partition coefficient (Wildman–Crippen LogP) is 2.75. The van der Waals surface area contributed by atoms with E-state index in [9.17, 15) is 8.42 Å². The van der Waals surface area contributed by atoms with E-state index in [1.165, 1.54) is 10.6 Å². The van der Waals surface area contributed by atoms with Crippen molar-refractivity contribution in [2.75, 3.05) is 30.0 Å². The van der Waals surface area contributed by atoms with Gasteiger partial charge in [0.1, 0.15) is 5.75 Å². The van der Waals surface area contributed by atoms with Crippen LogP contribution >= 0.6 is 11.8 Å². The monoisotopic (exact) mass is 416 g/mol. The summed E-state index contributed by atoms with van der Waals surface area (Å²) in [5.41, 5.74) is 7.51. The SMILES string of the molecule is COc1cccc(N=C2NN=C(c3ccc4c(c3)CCN4S(C)(=O)=O)CS2)c1. The lowest BCUT2D eigenvalue weighted by atomic mass is 10.1. The van der Waals surface area contributed by atoms with E-state index >= 15 is 0 Å². The van der Waals surface area contributed by atoms with Crippen molar-refractivity contribution < 1.29 is 13.2 Å². The number of sulfonamides is 1. The van der Waals surface area contributed by atoms with Crippen LogP contribution in [0.4, 0.5) is 11.4 Å². The number of ether oxygens (including phenoxy) is 1. The zero-order valence-electron chi connectivity index (χ0n) is 15.5. The smallest absolute Gasteiger partial charge is 0.232 e. The highest BCUT2D eigenvalue weighted by atomic mass is 32.2. The van der Waals surface area contributed by atoms with Gasteiger partial charge in [-0.3, -0.25) is 9.73 Å². The highest BCUT2D eigenvalue weighted by molar-refractivity contribution is 8.14. The third-order valence-corrected chi connectivity index (χ3v) is 6.64. The Labute approximate surface area is 168 Å². The Bertz CT molecular complexity index is 1080. The Kier molecular flexibility index (Phi) is 5.03. The first-order valence-corrected chi connectivity index (χ1v) is 11.6. The number of thioether (sulfide) groups is 1. The Hall–Kier alpha value is -2.52. The van der Waals surface area contributed by atoms with Gasteiger partial charge in [-0.1, -0.05) is 23.9 Å². The predicted molar refractivity (Wildman–Crippen MR) is 115 cm³/mol. The van der Waals surface area contributed by atoms with Crippen molar-refractivity contribution in [1.29, 1.82) is 0 Å². The lowest BCUT2D eigenvalue weighted by molar-refractivity contribution is 0.415. The average Bonchev–Trinajstić information content (AvgIpc) is 3.12. The van der Waals surface area contributed by atoms with Crippen LogP contribution in [0.2, 0.25) is 0 Å². The summed E-state index contributed by atoms with van der Waals surface area (Å²) in [5.74, 6) is 1.44. The molecule has 146 valence electrons. The van der Waals surface area contributed by atoms with Crippen molar-refractivity contribution in [3.05, 3.63) is 53.6 Å². The molecule has 2 aromatic rings. The van der Waals surface area contributed by atoms with E-state index in [2.05, 4.69) is 15.5 Å². The molecule has 2 aromatic carbocycles. The van der Waals surface area contributed by atoms with Gasteiger partial charge in [0.2, 0.25) is 10.0 Å². The van der Waals surface area contributed by atoms with Crippen LogP contribution in [0.1, 0.15) is 11.1 Å². The summed E-state index contributed by atoms with van der Waals surface area (Å²) in [5, 5.41) is 5.19. The lowest BCUT2D eigenvalue weighted by Crippen LogP contribution is -2.27. The molecule has 2 heterocycles. The zero-order chi connectivity index (χ0) is 19.7. The number of anilines is 1. The highest BCUT2D eigenvalue weighted by Crippen LogP contribution is 2.31. The Balaban J connectivity index is 1.52. The molecule has 0 saturated heterocycles. The molecule has 2 aliphatic heterocycles. The van der Waals surface area contributed by atoms with E-state index < -0.39 is 10.0 Å². The van der Waals surface area contributed by atoms with Gasteiger partial charge in [-0.05, 0) is 41.8 Å². The van der Waals surface area contributed by atoms with E-state index in [4.69, 9.17) is 4.74 Å². The minimum Gasteiger partial charge on any atom is -0.497 e. The van der Waals surface area contributed by atoms with E-state index in [0.717, 1.165) is 39.1 Å². The van der Waals surface area contributed by atoms with Gasteiger partial charge in [0, 0.05) is 18.4 Å². The van der Waals surface area contributed by atoms with Crippen LogP contribution in [0, 0.1) is 0 Å². The van der Waals surface area contributed by atoms with Crippen LogP contribution in [0.3, 0.4) is 0 Å².